The lowest BCUT2D eigenvalue weighted by Crippen LogP contribution is -2.44. The number of hydrogen-bond donors (Lipinski definition) is 3. The number of likely N-dealkylation sites (tertiary alicyclic amines) is 2. The minimum absolute atomic E-state index is 0.0874. The highest BCUT2D eigenvalue weighted by Crippen LogP contribution is 2.27. The molecular weight excluding hydrogens is 450 g/mol. The third-order valence-electron chi connectivity index (χ3n) is 6.10. The van der Waals surface area contributed by atoms with Crippen molar-refractivity contribution in [3.05, 3.63) is 27.1 Å². The molecule has 30 heavy (non-hydrogen) atoms. The van der Waals surface area contributed by atoms with Crippen LogP contribution in [0.1, 0.15) is 38.5 Å². The molecule has 2 aromatic rings. The number of piperidine rings is 1. The van der Waals surface area contributed by atoms with E-state index in [0.717, 1.165) is 51.9 Å². The van der Waals surface area contributed by atoms with Gasteiger partial charge in [-0.2, -0.15) is 0 Å². The molecule has 8 nitrogen and oxygen atoms in total. The first-order chi connectivity index (χ1) is 14.5. The average molecular weight is 478 g/mol. The first-order valence-corrected chi connectivity index (χ1v) is 11.5. The Kier molecular flexibility index (Phi) is 6.58. The Hall–Kier alpha value is -2.13. The summed E-state index contributed by atoms with van der Waals surface area (Å²) in [6.07, 6.45) is 6.29. The van der Waals surface area contributed by atoms with Gasteiger partial charge in [0.1, 0.15) is 0 Å². The average Bonchev–Trinajstić information content (AvgIpc) is 2.92. The van der Waals surface area contributed by atoms with Crippen LogP contribution in [0.5, 0.6) is 0 Å². The van der Waals surface area contributed by atoms with Gasteiger partial charge in [-0.25, -0.2) is 4.79 Å². The summed E-state index contributed by atoms with van der Waals surface area (Å²) in [6, 6.07) is 3.50. The third kappa shape index (κ3) is 4.95. The molecule has 2 aliphatic heterocycles. The van der Waals surface area contributed by atoms with Crippen molar-refractivity contribution in [3.63, 3.8) is 0 Å². The van der Waals surface area contributed by atoms with Crippen molar-refractivity contribution in [3.8, 4) is 0 Å². The van der Waals surface area contributed by atoms with Gasteiger partial charge in [-0.05, 0) is 66.8 Å². The zero-order valence-corrected chi connectivity index (χ0v) is 18.6. The predicted octanol–water partition coefficient (Wildman–Crippen LogP) is 2.67. The monoisotopic (exact) mass is 477 g/mol. The predicted molar refractivity (Wildman–Crippen MR) is 119 cm³/mol. The van der Waals surface area contributed by atoms with Crippen LogP contribution in [0.4, 0.5) is 5.69 Å². The molecule has 0 radical (unpaired) electrons. The van der Waals surface area contributed by atoms with Gasteiger partial charge in [-0.1, -0.05) is 12.8 Å². The Balaban J connectivity index is 1.28. The highest BCUT2D eigenvalue weighted by atomic mass is 79.9. The Bertz CT molecular complexity index is 969. The van der Waals surface area contributed by atoms with Gasteiger partial charge in [-0.15, -0.1) is 0 Å². The van der Waals surface area contributed by atoms with Gasteiger partial charge >= 0.3 is 5.69 Å². The number of aromatic nitrogens is 2. The Morgan fingerprint density at radius 1 is 1.00 bits per heavy atom. The van der Waals surface area contributed by atoms with E-state index in [1.807, 2.05) is 0 Å². The number of nitrogens with zero attached hydrogens (tertiary/aromatic N) is 2. The lowest BCUT2D eigenvalue weighted by Gasteiger charge is -2.33. The number of nitrogens with one attached hydrogen (secondary N) is 3. The van der Waals surface area contributed by atoms with Gasteiger partial charge in [0.25, 0.3) is 0 Å². The number of amides is 2. The maximum atomic E-state index is 12.8. The van der Waals surface area contributed by atoms with Crippen LogP contribution in [0.15, 0.2) is 21.4 Å². The molecule has 2 saturated heterocycles. The molecule has 1 aromatic heterocycles. The van der Waals surface area contributed by atoms with E-state index in [4.69, 9.17) is 0 Å². The van der Waals surface area contributed by atoms with E-state index in [-0.39, 0.29) is 17.5 Å². The van der Waals surface area contributed by atoms with Gasteiger partial charge in [-0.3, -0.25) is 14.5 Å². The van der Waals surface area contributed by atoms with Crippen molar-refractivity contribution >= 4 is 44.5 Å². The van der Waals surface area contributed by atoms with E-state index in [1.54, 1.807) is 12.1 Å². The summed E-state index contributed by atoms with van der Waals surface area (Å²) in [5.74, 6) is 0.285. The van der Waals surface area contributed by atoms with E-state index in [2.05, 4.69) is 41.0 Å². The molecule has 1 aromatic carbocycles. The van der Waals surface area contributed by atoms with Gasteiger partial charge < -0.3 is 20.2 Å². The van der Waals surface area contributed by atoms with Crippen molar-refractivity contribution < 1.29 is 9.59 Å². The Labute approximate surface area is 183 Å². The summed E-state index contributed by atoms with van der Waals surface area (Å²) in [4.78, 5) is 46.4. The van der Waals surface area contributed by atoms with Gasteiger partial charge in [0, 0.05) is 23.5 Å². The van der Waals surface area contributed by atoms with Crippen molar-refractivity contribution in [1.29, 1.82) is 0 Å². The van der Waals surface area contributed by atoms with Crippen LogP contribution in [-0.4, -0.2) is 64.3 Å². The molecule has 0 bridgehead atoms. The van der Waals surface area contributed by atoms with E-state index in [0.29, 0.717) is 33.6 Å². The summed E-state index contributed by atoms with van der Waals surface area (Å²) in [6.45, 7) is 3.59. The molecule has 9 heteroatoms. The van der Waals surface area contributed by atoms with Crippen molar-refractivity contribution in [2.24, 2.45) is 5.92 Å². The lowest BCUT2D eigenvalue weighted by molar-refractivity contribution is -0.137. The fraction of sp³-hybridized carbons (Fsp3) is 0.571. The molecule has 2 fully saturated rings. The van der Waals surface area contributed by atoms with Crippen LogP contribution in [0, 0.1) is 5.92 Å². The van der Waals surface area contributed by atoms with Crippen LogP contribution in [0.3, 0.4) is 0 Å². The van der Waals surface area contributed by atoms with Crippen molar-refractivity contribution in [2.45, 2.75) is 38.5 Å². The Morgan fingerprint density at radius 3 is 2.30 bits per heavy atom. The second-order valence-electron chi connectivity index (χ2n) is 8.29. The van der Waals surface area contributed by atoms with Crippen LogP contribution in [-0.2, 0) is 9.59 Å². The zero-order valence-electron chi connectivity index (χ0n) is 17.0. The molecule has 162 valence electrons. The van der Waals surface area contributed by atoms with Crippen LogP contribution >= 0.6 is 15.9 Å². The molecule has 2 aliphatic rings. The van der Waals surface area contributed by atoms with E-state index < -0.39 is 0 Å². The highest BCUT2D eigenvalue weighted by Gasteiger charge is 2.29. The summed E-state index contributed by atoms with van der Waals surface area (Å²) in [5.41, 5.74) is 1.67. The summed E-state index contributed by atoms with van der Waals surface area (Å²) in [7, 11) is 0. The second kappa shape index (κ2) is 9.34. The largest absolute Gasteiger partial charge is 0.342 e. The molecule has 0 spiro atoms. The quantitative estimate of drug-likeness (QED) is 0.629. The zero-order chi connectivity index (χ0) is 21.1. The van der Waals surface area contributed by atoms with Gasteiger partial charge in [0.05, 0.1) is 23.3 Å². The Morgan fingerprint density at radius 2 is 1.63 bits per heavy atom. The van der Waals surface area contributed by atoms with Crippen LogP contribution in [0.2, 0.25) is 0 Å². The summed E-state index contributed by atoms with van der Waals surface area (Å²) in [5, 5.41) is 2.91. The minimum Gasteiger partial charge on any atom is -0.342 e. The number of fused-ring (bicyclic) bond motifs is 1. The van der Waals surface area contributed by atoms with E-state index >= 15 is 0 Å². The molecular formula is C21H28BrN5O3. The van der Waals surface area contributed by atoms with Crippen LogP contribution < -0.4 is 11.0 Å². The molecule has 0 aliphatic carbocycles. The number of halogens is 1. The lowest BCUT2D eigenvalue weighted by atomic mass is 9.95. The summed E-state index contributed by atoms with van der Waals surface area (Å²) < 4.78 is 0.709. The highest BCUT2D eigenvalue weighted by molar-refractivity contribution is 9.10. The van der Waals surface area contributed by atoms with Crippen molar-refractivity contribution in [1.82, 2.24) is 19.8 Å². The molecule has 3 heterocycles. The van der Waals surface area contributed by atoms with Crippen molar-refractivity contribution in [2.75, 3.05) is 38.0 Å². The molecule has 4 rings (SSSR count). The number of hydrogen-bond acceptors (Lipinski definition) is 4. The number of benzene rings is 1. The fourth-order valence-corrected chi connectivity index (χ4v) is 4.87. The minimum atomic E-state index is -0.280. The van der Waals surface area contributed by atoms with Crippen LogP contribution in [0.25, 0.3) is 11.0 Å². The van der Waals surface area contributed by atoms with Gasteiger partial charge in [0.15, 0.2) is 0 Å². The fourth-order valence-electron chi connectivity index (χ4n) is 4.43. The standard InChI is InChI=1S/C21H28BrN5O3/c22-15-11-17-18(25-21(30)24-17)12-16(15)23-19(28)13-26-9-5-14(6-10-26)20(29)27-7-3-1-2-4-8-27/h11-12,14H,1-10,13H2,(H,23,28)(H2,24,25,30). The molecule has 2 amide bonds. The number of imidazole rings is 1. The second-order valence-corrected chi connectivity index (χ2v) is 9.15. The van der Waals surface area contributed by atoms with E-state index in [1.165, 1.54) is 12.8 Å². The number of H-pyrrole nitrogens is 2. The maximum Gasteiger partial charge on any atom is 0.323 e. The SMILES string of the molecule is O=C(CN1CCC(C(=O)N2CCCCCC2)CC1)Nc1cc2[nH]c(=O)[nH]c2cc1Br. The number of aromatic amines is 2. The third-order valence-corrected chi connectivity index (χ3v) is 6.76. The molecule has 0 unspecified atom stereocenters. The van der Waals surface area contributed by atoms with Gasteiger partial charge in [0.2, 0.25) is 11.8 Å². The smallest absolute Gasteiger partial charge is 0.323 e. The number of carbonyl (C=O) groups excluding carboxylic acids is 2. The first-order valence-electron chi connectivity index (χ1n) is 10.7. The molecule has 0 saturated carbocycles. The first kappa shape index (κ1) is 21.1. The number of anilines is 1. The topological polar surface area (TPSA) is 101 Å². The molecule has 0 atom stereocenters. The number of rotatable bonds is 4. The normalized spacial score (nSPS) is 19.0. The van der Waals surface area contributed by atoms with E-state index in [9.17, 15) is 14.4 Å². The maximum absolute atomic E-state index is 12.8. The summed E-state index contributed by atoms with van der Waals surface area (Å²) >= 11 is 3.44. The number of carbonyl (C=O) groups is 2. The molecule has 3 N–H and O–H groups in total.